The van der Waals surface area contributed by atoms with Gasteiger partial charge in [-0.3, -0.25) is 4.90 Å². The van der Waals surface area contributed by atoms with E-state index in [1.54, 1.807) is 14.2 Å². The molecular weight excluding hydrogens is 254 g/mol. The van der Waals surface area contributed by atoms with Crippen molar-refractivity contribution >= 4 is 0 Å². The molecule has 1 saturated carbocycles. The van der Waals surface area contributed by atoms with Crippen LogP contribution in [0.25, 0.3) is 0 Å². The first-order valence-corrected chi connectivity index (χ1v) is 7.48. The SMILES string of the molecule is COC(CC(C)(CN)N(C)CC1(N(C)C)CCC1)OC. The average Bonchev–Trinajstić information content (AvgIpc) is 2.38. The van der Waals surface area contributed by atoms with Crippen LogP contribution in [-0.4, -0.2) is 75.6 Å². The van der Waals surface area contributed by atoms with Crippen LogP contribution in [0.1, 0.15) is 32.6 Å². The van der Waals surface area contributed by atoms with Crippen molar-refractivity contribution in [1.82, 2.24) is 9.80 Å². The standard InChI is InChI=1S/C15H33N3O2/c1-14(11-16,10-13(19-5)20-6)18(4)12-15(17(2)3)8-7-9-15/h13H,7-12,16H2,1-6H3. The fourth-order valence-corrected chi connectivity index (χ4v) is 2.98. The summed E-state index contributed by atoms with van der Waals surface area (Å²) in [4.78, 5) is 4.76. The highest BCUT2D eigenvalue weighted by molar-refractivity contribution is 5.01. The zero-order valence-corrected chi connectivity index (χ0v) is 14.1. The molecule has 0 amide bonds. The van der Waals surface area contributed by atoms with E-state index in [4.69, 9.17) is 15.2 Å². The molecule has 0 aliphatic heterocycles. The molecule has 1 unspecified atom stereocenters. The lowest BCUT2D eigenvalue weighted by Crippen LogP contribution is -2.62. The normalized spacial score (nSPS) is 21.3. The summed E-state index contributed by atoms with van der Waals surface area (Å²) in [5, 5.41) is 0. The number of hydrogen-bond donors (Lipinski definition) is 1. The second-order valence-corrected chi connectivity index (χ2v) is 6.63. The van der Waals surface area contributed by atoms with E-state index in [1.165, 1.54) is 19.3 Å². The number of methoxy groups -OCH3 is 2. The lowest BCUT2D eigenvalue weighted by atomic mass is 9.74. The van der Waals surface area contributed by atoms with E-state index in [2.05, 4.69) is 37.9 Å². The van der Waals surface area contributed by atoms with Gasteiger partial charge in [-0.05, 0) is 47.3 Å². The Labute approximate surface area is 124 Å². The smallest absolute Gasteiger partial charge is 0.158 e. The number of likely N-dealkylation sites (N-methyl/N-ethyl adjacent to an activating group) is 2. The summed E-state index contributed by atoms with van der Waals surface area (Å²) in [6.45, 7) is 3.82. The molecule has 1 aliphatic carbocycles. The Bertz CT molecular complexity index is 291. The van der Waals surface area contributed by atoms with Gasteiger partial charge in [0.15, 0.2) is 6.29 Å². The molecule has 0 radical (unpaired) electrons. The maximum atomic E-state index is 6.05. The van der Waals surface area contributed by atoms with Gasteiger partial charge in [0.2, 0.25) is 0 Å². The van der Waals surface area contributed by atoms with E-state index in [0.717, 1.165) is 13.0 Å². The third-order valence-corrected chi connectivity index (χ3v) is 5.26. The van der Waals surface area contributed by atoms with Crippen molar-refractivity contribution in [1.29, 1.82) is 0 Å². The number of hydrogen-bond acceptors (Lipinski definition) is 5. The summed E-state index contributed by atoms with van der Waals surface area (Å²) in [7, 11) is 9.88. The predicted molar refractivity (Wildman–Crippen MR) is 82.8 cm³/mol. The summed E-state index contributed by atoms with van der Waals surface area (Å²) in [5.74, 6) is 0. The Kier molecular flexibility index (Phi) is 6.41. The van der Waals surface area contributed by atoms with Gasteiger partial charge in [0.25, 0.3) is 0 Å². The highest BCUT2D eigenvalue weighted by Gasteiger charge is 2.43. The first kappa shape index (κ1) is 17.9. The van der Waals surface area contributed by atoms with Crippen molar-refractivity contribution in [3.63, 3.8) is 0 Å². The maximum absolute atomic E-state index is 6.05. The Morgan fingerprint density at radius 3 is 2.05 bits per heavy atom. The number of nitrogens with two attached hydrogens (primary N) is 1. The van der Waals surface area contributed by atoms with E-state index in [-0.39, 0.29) is 11.8 Å². The molecule has 1 fully saturated rings. The minimum atomic E-state index is -0.206. The molecule has 5 nitrogen and oxygen atoms in total. The molecular formula is C15H33N3O2. The Hall–Kier alpha value is -0.200. The first-order chi connectivity index (χ1) is 9.33. The first-order valence-electron chi connectivity index (χ1n) is 7.48. The van der Waals surface area contributed by atoms with Crippen LogP contribution in [0.4, 0.5) is 0 Å². The van der Waals surface area contributed by atoms with Crippen LogP contribution in [0.2, 0.25) is 0 Å². The quantitative estimate of drug-likeness (QED) is 0.644. The van der Waals surface area contributed by atoms with Crippen molar-refractivity contribution in [3.05, 3.63) is 0 Å². The second kappa shape index (κ2) is 7.18. The van der Waals surface area contributed by atoms with Crippen LogP contribution in [0.3, 0.4) is 0 Å². The molecule has 0 spiro atoms. The third-order valence-electron chi connectivity index (χ3n) is 5.26. The zero-order valence-electron chi connectivity index (χ0n) is 14.1. The molecule has 0 heterocycles. The monoisotopic (exact) mass is 287 g/mol. The molecule has 1 aliphatic rings. The van der Waals surface area contributed by atoms with Crippen LogP contribution < -0.4 is 5.73 Å². The molecule has 1 rings (SSSR count). The van der Waals surface area contributed by atoms with E-state index >= 15 is 0 Å². The zero-order chi connectivity index (χ0) is 15.4. The summed E-state index contributed by atoms with van der Waals surface area (Å²) < 4.78 is 10.7. The Balaban J connectivity index is 2.72. The van der Waals surface area contributed by atoms with Crippen LogP contribution in [0.15, 0.2) is 0 Å². The van der Waals surface area contributed by atoms with Crippen molar-refractivity contribution in [2.24, 2.45) is 5.73 Å². The highest BCUT2D eigenvalue weighted by Crippen LogP contribution is 2.38. The molecule has 0 aromatic rings. The lowest BCUT2D eigenvalue weighted by Gasteiger charge is -2.52. The van der Waals surface area contributed by atoms with Gasteiger partial charge in [0.1, 0.15) is 0 Å². The largest absolute Gasteiger partial charge is 0.356 e. The molecule has 0 aromatic heterocycles. The predicted octanol–water partition coefficient (Wildman–Crippen LogP) is 1.13. The fraction of sp³-hybridized carbons (Fsp3) is 1.00. The topological polar surface area (TPSA) is 51.0 Å². The minimum absolute atomic E-state index is 0.116. The van der Waals surface area contributed by atoms with Crippen LogP contribution in [0, 0.1) is 0 Å². The summed E-state index contributed by atoms with van der Waals surface area (Å²) >= 11 is 0. The van der Waals surface area contributed by atoms with Crippen molar-refractivity contribution in [2.45, 2.75) is 50.0 Å². The highest BCUT2D eigenvalue weighted by atomic mass is 16.7. The van der Waals surface area contributed by atoms with E-state index in [9.17, 15) is 0 Å². The maximum Gasteiger partial charge on any atom is 0.158 e. The van der Waals surface area contributed by atoms with Crippen LogP contribution >= 0.6 is 0 Å². The van der Waals surface area contributed by atoms with Gasteiger partial charge in [-0.15, -0.1) is 0 Å². The van der Waals surface area contributed by atoms with Gasteiger partial charge in [-0.25, -0.2) is 0 Å². The Morgan fingerprint density at radius 1 is 1.20 bits per heavy atom. The van der Waals surface area contributed by atoms with Gasteiger partial charge in [-0.1, -0.05) is 0 Å². The van der Waals surface area contributed by atoms with Gasteiger partial charge >= 0.3 is 0 Å². The summed E-state index contributed by atoms with van der Waals surface area (Å²) in [6, 6.07) is 0. The van der Waals surface area contributed by atoms with Crippen molar-refractivity contribution in [2.75, 3.05) is 48.5 Å². The summed E-state index contributed by atoms with van der Waals surface area (Å²) in [5.41, 5.74) is 6.24. The van der Waals surface area contributed by atoms with E-state index in [1.807, 2.05) is 0 Å². The summed E-state index contributed by atoms with van der Waals surface area (Å²) in [6.07, 6.45) is 4.43. The lowest BCUT2D eigenvalue weighted by molar-refractivity contribution is -0.130. The molecule has 0 aromatic carbocycles. The molecule has 1 atom stereocenters. The van der Waals surface area contributed by atoms with Crippen molar-refractivity contribution < 1.29 is 9.47 Å². The van der Waals surface area contributed by atoms with Gasteiger partial charge < -0.3 is 20.1 Å². The number of rotatable bonds is 9. The number of nitrogens with zero attached hydrogens (tertiary/aromatic N) is 2. The third kappa shape index (κ3) is 3.71. The molecule has 20 heavy (non-hydrogen) atoms. The second-order valence-electron chi connectivity index (χ2n) is 6.63. The average molecular weight is 287 g/mol. The molecule has 0 bridgehead atoms. The van der Waals surface area contributed by atoms with Gasteiger partial charge in [0.05, 0.1) is 0 Å². The van der Waals surface area contributed by atoms with Gasteiger partial charge in [-0.2, -0.15) is 0 Å². The molecule has 0 saturated heterocycles. The molecule has 5 heteroatoms. The van der Waals surface area contributed by atoms with E-state index in [0.29, 0.717) is 12.1 Å². The van der Waals surface area contributed by atoms with Crippen LogP contribution in [-0.2, 0) is 9.47 Å². The molecule has 120 valence electrons. The van der Waals surface area contributed by atoms with Gasteiger partial charge in [0, 0.05) is 44.8 Å². The van der Waals surface area contributed by atoms with Crippen LogP contribution in [0.5, 0.6) is 0 Å². The fourth-order valence-electron chi connectivity index (χ4n) is 2.98. The number of ether oxygens (including phenoxy) is 2. The van der Waals surface area contributed by atoms with E-state index < -0.39 is 0 Å². The minimum Gasteiger partial charge on any atom is -0.356 e. The van der Waals surface area contributed by atoms with Crippen molar-refractivity contribution in [3.8, 4) is 0 Å². The Morgan fingerprint density at radius 2 is 1.75 bits per heavy atom. The molecule has 2 N–H and O–H groups in total.